The monoisotopic (exact) mass is 358 g/mol. The molecule has 7 nitrogen and oxygen atoms in total. The molecule has 0 aromatic carbocycles. The summed E-state index contributed by atoms with van der Waals surface area (Å²) in [6, 6.07) is 0.941. The number of nitrogens with zero attached hydrogens (tertiary/aromatic N) is 4. The Hall–Kier alpha value is -2.10. The number of piperidine rings is 1. The molecule has 0 bridgehead atoms. The summed E-state index contributed by atoms with van der Waals surface area (Å²) in [5, 5.41) is 18.2. The number of rotatable bonds is 4. The lowest BCUT2D eigenvalue weighted by atomic mass is 10.2. The maximum atomic E-state index is 13.1. The van der Waals surface area contributed by atoms with Crippen LogP contribution in [0.25, 0.3) is 0 Å². The molecule has 4 rings (SSSR count). The molecule has 2 unspecified atom stereocenters. The summed E-state index contributed by atoms with van der Waals surface area (Å²) < 4.78 is 39.4. The highest BCUT2D eigenvalue weighted by molar-refractivity contribution is 5.68. The molecule has 0 amide bonds. The van der Waals surface area contributed by atoms with Crippen LogP contribution in [-0.4, -0.2) is 58.4 Å². The van der Waals surface area contributed by atoms with E-state index in [0.29, 0.717) is 13.1 Å². The second kappa shape index (κ2) is 5.45. The van der Waals surface area contributed by atoms with Crippen LogP contribution in [0, 0.1) is 17.8 Å². The fourth-order valence-corrected chi connectivity index (χ4v) is 3.83. The lowest BCUT2D eigenvalue weighted by Crippen LogP contribution is -2.51. The summed E-state index contributed by atoms with van der Waals surface area (Å²) >= 11 is 0. The van der Waals surface area contributed by atoms with E-state index in [1.807, 2.05) is 0 Å². The SMILES string of the molecule is O=C(O)CC1C2CN(c3cc(C(F)(F)F)nc(N4CC(O)C4)n3)CC12. The summed E-state index contributed by atoms with van der Waals surface area (Å²) in [4.78, 5) is 21.9. The van der Waals surface area contributed by atoms with Gasteiger partial charge in [0, 0.05) is 38.7 Å². The Kier molecular flexibility index (Phi) is 3.57. The third kappa shape index (κ3) is 2.99. The van der Waals surface area contributed by atoms with E-state index in [9.17, 15) is 23.1 Å². The minimum Gasteiger partial charge on any atom is -0.481 e. The average Bonchev–Trinajstić information content (AvgIpc) is 2.94. The second-order valence-electron chi connectivity index (χ2n) is 6.96. The molecule has 1 saturated carbocycles. The fourth-order valence-electron chi connectivity index (χ4n) is 3.83. The fraction of sp³-hybridized carbons (Fsp3) is 0.667. The molecule has 2 aliphatic heterocycles. The van der Waals surface area contributed by atoms with E-state index in [2.05, 4.69) is 9.97 Å². The van der Waals surface area contributed by atoms with Gasteiger partial charge in [-0.1, -0.05) is 0 Å². The molecule has 1 aliphatic carbocycles. The molecular weight excluding hydrogens is 341 g/mol. The summed E-state index contributed by atoms with van der Waals surface area (Å²) in [5.41, 5.74) is -1.00. The average molecular weight is 358 g/mol. The summed E-state index contributed by atoms with van der Waals surface area (Å²) in [7, 11) is 0. The zero-order valence-corrected chi connectivity index (χ0v) is 13.1. The van der Waals surface area contributed by atoms with Crippen LogP contribution < -0.4 is 9.80 Å². The number of carbonyl (C=O) groups is 1. The number of carboxylic acid groups (broad SMARTS) is 1. The van der Waals surface area contributed by atoms with Gasteiger partial charge in [0.05, 0.1) is 6.10 Å². The topological polar surface area (TPSA) is 89.8 Å². The highest BCUT2D eigenvalue weighted by Crippen LogP contribution is 2.54. The molecule has 0 radical (unpaired) electrons. The third-order valence-corrected chi connectivity index (χ3v) is 5.24. The van der Waals surface area contributed by atoms with Crippen molar-refractivity contribution in [3.8, 4) is 0 Å². The second-order valence-corrected chi connectivity index (χ2v) is 6.96. The van der Waals surface area contributed by atoms with Crippen molar-refractivity contribution in [3.05, 3.63) is 11.8 Å². The van der Waals surface area contributed by atoms with Crippen LogP contribution in [0.15, 0.2) is 6.07 Å². The maximum Gasteiger partial charge on any atom is 0.433 e. The Morgan fingerprint density at radius 1 is 1.16 bits per heavy atom. The number of anilines is 2. The molecule has 1 aromatic heterocycles. The van der Waals surface area contributed by atoms with E-state index in [-0.39, 0.29) is 49.0 Å². The van der Waals surface area contributed by atoms with Crippen LogP contribution in [0.4, 0.5) is 24.9 Å². The zero-order chi connectivity index (χ0) is 17.9. The normalized spacial score (nSPS) is 28.7. The van der Waals surface area contributed by atoms with Gasteiger partial charge in [-0.15, -0.1) is 0 Å². The number of hydrogen-bond donors (Lipinski definition) is 2. The van der Waals surface area contributed by atoms with Crippen molar-refractivity contribution in [1.82, 2.24) is 9.97 Å². The molecule has 10 heteroatoms. The minimum absolute atomic E-state index is 0.0298. The van der Waals surface area contributed by atoms with Crippen LogP contribution in [0.1, 0.15) is 12.1 Å². The highest BCUT2D eigenvalue weighted by atomic mass is 19.4. The predicted molar refractivity (Wildman–Crippen MR) is 80.2 cm³/mol. The number of alkyl halides is 3. The van der Waals surface area contributed by atoms with Crippen LogP contribution in [0.5, 0.6) is 0 Å². The number of carboxylic acids is 1. The van der Waals surface area contributed by atoms with Gasteiger partial charge in [0.15, 0.2) is 5.69 Å². The molecule has 2 atom stereocenters. The molecule has 3 heterocycles. The first-order valence-electron chi connectivity index (χ1n) is 8.08. The lowest BCUT2D eigenvalue weighted by molar-refractivity contribution is -0.141. The predicted octanol–water partition coefficient (Wildman–Crippen LogP) is 0.833. The van der Waals surface area contributed by atoms with Gasteiger partial charge >= 0.3 is 12.1 Å². The van der Waals surface area contributed by atoms with Gasteiger partial charge in [0.25, 0.3) is 0 Å². The molecule has 1 aromatic rings. The van der Waals surface area contributed by atoms with E-state index >= 15 is 0 Å². The largest absolute Gasteiger partial charge is 0.481 e. The van der Waals surface area contributed by atoms with Crippen LogP contribution >= 0.6 is 0 Å². The van der Waals surface area contributed by atoms with Crippen molar-refractivity contribution in [3.63, 3.8) is 0 Å². The number of halogens is 3. The Balaban J connectivity index is 1.54. The molecule has 2 N–H and O–H groups in total. The lowest BCUT2D eigenvalue weighted by Gasteiger charge is -2.36. The van der Waals surface area contributed by atoms with Gasteiger partial charge in [-0.25, -0.2) is 4.98 Å². The zero-order valence-electron chi connectivity index (χ0n) is 13.1. The summed E-state index contributed by atoms with van der Waals surface area (Å²) in [5.74, 6) is -0.143. The van der Waals surface area contributed by atoms with Gasteiger partial charge in [-0.3, -0.25) is 4.79 Å². The van der Waals surface area contributed by atoms with Crippen molar-refractivity contribution in [2.24, 2.45) is 17.8 Å². The van der Waals surface area contributed by atoms with Crippen molar-refractivity contribution in [2.45, 2.75) is 18.7 Å². The molecule has 25 heavy (non-hydrogen) atoms. The van der Waals surface area contributed by atoms with Gasteiger partial charge in [-0.05, 0) is 17.8 Å². The quantitative estimate of drug-likeness (QED) is 0.824. The molecule has 2 saturated heterocycles. The standard InChI is InChI=1S/C15H17F3N4O3/c16-15(17,18)11-2-12(20-14(19-11)22-3-7(23)4-22)21-5-9-8(1-13(24)25)10(9)6-21/h2,7-10,23H,1,3-6H2,(H,24,25). The number of β-amino-alcohol motifs (C(OH)–C–C–N with tert-alkyl or cyclic N) is 1. The van der Waals surface area contributed by atoms with Crippen molar-refractivity contribution in [1.29, 1.82) is 0 Å². The van der Waals surface area contributed by atoms with Crippen LogP contribution in [-0.2, 0) is 11.0 Å². The van der Waals surface area contributed by atoms with Gasteiger partial charge < -0.3 is 20.0 Å². The first-order valence-corrected chi connectivity index (χ1v) is 8.08. The molecular formula is C15H17F3N4O3. The van der Waals surface area contributed by atoms with Crippen molar-refractivity contribution in [2.75, 3.05) is 36.0 Å². The van der Waals surface area contributed by atoms with Gasteiger partial charge in [-0.2, -0.15) is 18.2 Å². The number of aromatic nitrogens is 2. The van der Waals surface area contributed by atoms with E-state index in [0.717, 1.165) is 6.07 Å². The van der Waals surface area contributed by atoms with Crippen LogP contribution in [0.3, 0.4) is 0 Å². The molecule has 3 aliphatic rings. The first kappa shape index (κ1) is 16.4. The number of aliphatic hydroxyl groups excluding tert-OH is 1. The number of fused-ring (bicyclic) bond motifs is 1. The minimum atomic E-state index is -4.58. The number of aliphatic hydroxyl groups is 1. The highest BCUT2D eigenvalue weighted by Gasteiger charge is 2.56. The molecule has 3 fully saturated rings. The van der Waals surface area contributed by atoms with E-state index in [4.69, 9.17) is 5.11 Å². The Bertz CT molecular complexity index is 696. The van der Waals surface area contributed by atoms with Gasteiger partial charge in [0.1, 0.15) is 5.82 Å². The number of hydrogen-bond acceptors (Lipinski definition) is 6. The number of aliphatic carboxylic acids is 1. The van der Waals surface area contributed by atoms with E-state index in [1.54, 1.807) is 4.90 Å². The summed E-state index contributed by atoms with van der Waals surface area (Å²) in [6.07, 6.45) is -5.04. The smallest absolute Gasteiger partial charge is 0.433 e. The third-order valence-electron chi connectivity index (χ3n) is 5.24. The Morgan fingerprint density at radius 3 is 2.32 bits per heavy atom. The van der Waals surface area contributed by atoms with Crippen molar-refractivity contribution >= 4 is 17.7 Å². The van der Waals surface area contributed by atoms with Crippen molar-refractivity contribution < 1.29 is 28.2 Å². The van der Waals surface area contributed by atoms with Crippen LogP contribution in [0.2, 0.25) is 0 Å². The van der Waals surface area contributed by atoms with E-state index in [1.165, 1.54) is 4.90 Å². The first-order chi connectivity index (χ1) is 11.7. The molecule has 0 spiro atoms. The Labute approximate surface area is 141 Å². The molecule has 136 valence electrons. The maximum absolute atomic E-state index is 13.1. The summed E-state index contributed by atoms with van der Waals surface area (Å²) in [6.45, 7) is 1.46. The van der Waals surface area contributed by atoms with Gasteiger partial charge in [0.2, 0.25) is 5.95 Å². The van der Waals surface area contributed by atoms with E-state index < -0.39 is 23.9 Å². The Morgan fingerprint density at radius 2 is 1.80 bits per heavy atom.